The third-order valence-electron chi connectivity index (χ3n) is 4.67. The minimum absolute atomic E-state index is 0.0283. The smallest absolute Gasteiger partial charge is 0.422 e. The predicted octanol–water partition coefficient (Wildman–Crippen LogP) is 4.80. The van der Waals surface area contributed by atoms with Crippen molar-refractivity contribution in [2.75, 3.05) is 18.1 Å². The van der Waals surface area contributed by atoms with Crippen molar-refractivity contribution in [2.45, 2.75) is 32.4 Å². The van der Waals surface area contributed by atoms with E-state index in [1.807, 2.05) is 18.7 Å². The van der Waals surface area contributed by atoms with Crippen molar-refractivity contribution in [3.8, 4) is 11.6 Å². The van der Waals surface area contributed by atoms with Gasteiger partial charge in [0.2, 0.25) is 0 Å². The van der Waals surface area contributed by atoms with Crippen molar-refractivity contribution in [1.29, 1.82) is 0 Å². The fraction of sp³-hybridized carbons (Fsp3) is 0.450. The van der Waals surface area contributed by atoms with Crippen LogP contribution in [0.3, 0.4) is 0 Å². The molecule has 1 saturated heterocycles. The molecule has 3 rings (SSSR count). The van der Waals surface area contributed by atoms with E-state index in [1.165, 1.54) is 47.7 Å². The van der Waals surface area contributed by atoms with Crippen molar-refractivity contribution in [1.82, 2.24) is 9.99 Å². The summed E-state index contributed by atoms with van der Waals surface area (Å²) in [5, 5.41) is 1.53. The minimum atomic E-state index is -4.44. The van der Waals surface area contributed by atoms with Crippen LogP contribution < -0.4 is 15.3 Å². The first-order valence-corrected chi connectivity index (χ1v) is 10.5. The molecular formula is C20H24F3N3O2S. The molecule has 2 aliphatic heterocycles. The van der Waals surface area contributed by atoms with Crippen molar-refractivity contribution in [3.05, 3.63) is 53.7 Å². The van der Waals surface area contributed by atoms with Gasteiger partial charge in [-0.25, -0.2) is 10.8 Å². The zero-order chi connectivity index (χ0) is 20.9. The second-order valence-electron chi connectivity index (χ2n) is 7.01. The van der Waals surface area contributed by atoms with Gasteiger partial charge in [-0.3, -0.25) is 5.01 Å². The summed E-state index contributed by atoms with van der Waals surface area (Å²) < 4.78 is 48.0. The SMILES string of the molecule is C/C(CC1CCSCC1)=C1\C=C(Oc2ncccc2OCC(F)(F)F)C=CN1N. The quantitative estimate of drug-likeness (QED) is 0.659. The molecule has 5 nitrogen and oxygen atoms in total. The van der Waals surface area contributed by atoms with Crippen LogP contribution in [0.4, 0.5) is 13.2 Å². The van der Waals surface area contributed by atoms with Gasteiger partial charge >= 0.3 is 6.18 Å². The van der Waals surface area contributed by atoms with E-state index >= 15 is 0 Å². The molecule has 0 spiro atoms. The van der Waals surface area contributed by atoms with E-state index in [-0.39, 0.29) is 11.6 Å². The Bertz CT molecular complexity index is 802. The number of hydrogen-bond donors (Lipinski definition) is 1. The summed E-state index contributed by atoms with van der Waals surface area (Å²) in [6.45, 7) is 0.632. The Morgan fingerprint density at radius 1 is 1.34 bits per heavy atom. The maximum atomic E-state index is 12.5. The zero-order valence-electron chi connectivity index (χ0n) is 16.1. The summed E-state index contributed by atoms with van der Waals surface area (Å²) in [4.78, 5) is 4.00. The van der Waals surface area contributed by atoms with Crippen molar-refractivity contribution in [3.63, 3.8) is 0 Å². The van der Waals surface area contributed by atoms with Crippen LogP contribution >= 0.6 is 11.8 Å². The monoisotopic (exact) mass is 427 g/mol. The van der Waals surface area contributed by atoms with Crippen molar-refractivity contribution < 1.29 is 22.6 Å². The van der Waals surface area contributed by atoms with Crippen LogP contribution in [0.5, 0.6) is 11.6 Å². The second kappa shape index (κ2) is 9.58. The van der Waals surface area contributed by atoms with E-state index in [9.17, 15) is 13.2 Å². The molecule has 1 aromatic rings. The maximum absolute atomic E-state index is 12.5. The van der Waals surface area contributed by atoms with Gasteiger partial charge in [-0.15, -0.1) is 0 Å². The van der Waals surface area contributed by atoms with E-state index < -0.39 is 12.8 Å². The number of alkyl halides is 3. The minimum Gasteiger partial charge on any atom is -0.478 e. The first-order chi connectivity index (χ1) is 13.8. The lowest BCUT2D eigenvalue weighted by molar-refractivity contribution is -0.153. The molecule has 0 unspecified atom stereocenters. The number of hydrogen-bond acceptors (Lipinski definition) is 6. The third-order valence-corrected chi connectivity index (χ3v) is 5.72. The molecule has 2 aliphatic rings. The number of thioether (sulfide) groups is 1. The van der Waals surface area contributed by atoms with Crippen LogP contribution in [0.2, 0.25) is 0 Å². The van der Waals surface area contributed by atoms with Crippen LogP contribution in [0, 0.1) is 5.92 Å². The number of nitrogens with zero attached hydrogens (tertiary/aromatic N) is 2. The number of allylic oxidation sites excluding steroid dienone is 3. The highest BCUT2D eigenvalue weighted by Crippen LogP contribution is 2.32. The lowest BCUT2D eigenvalue weighted by Crippen LogP contribution is -2.27. The summed E-state index contributed by atoms with van der Waals surface area (Å²) in [6.07, 6.45) is 5.39. The first-order valence-electron chi connectivity index (χ1n) is 9.35. The standard InChI is InChI=1S/C20H24F3N3O2S/c1-14(11-15-5-9-29-10-6-15)17-12-16(4-8-26(17)24)28-19-18(3-2-7-25-19)27-13-20(21,22)23/h2-4,7-8,12,15H,5-6,9-11,13,24H2,1H3/b17-14-. The third kappa shape index (κ3) is 6.43. The molecule has 29 heavy (non-hydrogen) atoms. The number of nitrogens with two attached hydrogens (primary N) is 1. The first kappa shape index (κ1) is 21.6. The van der Waals surface area contributed by atoms with Gasteiger partial charge in [0.05, 0.1) is 5.70 Å². The highest BCUT2D eigenvalue weighted by atomic mass is 32.2. The summed E-state index contributed by atoms with van der Waals surface area (Å²) >= 11 is 1.99. The van der Waals surface area contributed by atoms with Crippen LogP contribution in [-0.2, 0) is 0 Å². The second-order valence-corrected chi connectivity index (χ2v) is 8.23. The molecule has 0 saturated carbocycles. The summed E-state index contributed by atoms with van der Waals surface area (Å²) in [5.74, 6) is 9.42. The van der Waals surface area contributed by atoms with E-state index in [2.05, 4.69) is 4.98 Å². The Hall–Kier alpha value is -2.13. The largest absolute Gasteiger partial charge is 0.478 e. The zero-order valence-corrected chi connectivity index (χ0v) is 16.9. The highest BCUT2D eigenvalue weighted by molar-refractivity contribution is 7.99. The van der Waals surface area contributed by atoms with Crippen molar-refractivity contribution >= 4 is 11.8 Å². The van der Waals surface area contributed by atoms with Gasteiger partial charge in [-0.1, -0.05) is 0 Å². The van der Waals surface area contributed by atoms with Crippen LogP contribution in [0.25, 0.3) is 0 Å². The molecule has 0 atom stereocenters. The molecule has 0 radical (unpaired) electrons. The number of hydrazine groups is 1. The van der Waals surface area contributed by atoms with Gasteiger partial charge in [0, 0.05) is 18.5 Å². The Morgan fingerprint density at radius 3 is 2.83 bits per heavy atom. The van der Waals surface area contributed by atoms with Gasteiger partial charge in [0.25, 0.3) is 5.88 Å². The van der Waals surface area contributed by atoms with E-state index in [0.717, 1.165) is 17.7 Å². The summed E-state index contributed by atoms with van der Waals surface area (Å²) in [7, 11) is 0. The van der Waals surface area contributed by atoms with Gasteiger partial charge in [0.1, 0.15) is 5.76 Å². The van der Waals surface area contributed by atoms with E-state index in [1.54, 1.807) is 18.4 Å². The molecule has 3 heterocycles. The normalized spacial score (nSPS) is 19.8. The summed E-state index contributed by atoms with van der Waals surface area (Å²) in [5.41, 5.74) is 1.96. The average molecular weight is 427 g/mol. The Balaban J connectivity index is 1.74. The molecule has 0 aliphatic carbocycles. The molecule has 158 valence electrons. The predicted molar refractivity (Wildman–Crippen MR) is 107 cm³/mol. The molecular weight excluding hydrogens is 403 g/mol. The average Bonchev–Trinajstić information content (AvgIpc) is 2.69. The fourth-order valence-electron chi connectivity index (χ4n) is 3.22. The lowest BCUT2D eigenvalue weighted by Gasteiger charge is -2.26. The molecule has 9 heteroatoms. The van der Waals surface area contributed by atoms with Crippen LogP contribution in [0.15, 0.2) is 53.7 Å². The molecule has 0 bridgehead atoms. The number of ether oxygens (including phenoxy) is 2. The highest BCUT2D eigenvalue weighted by Gasteiger charge is 2.29. The molecule has 1 fully saturated rings. The van der Waals surface area contributed by atoms with E-state index in [0.29, 0.717) is 11.7 Å². The summed E-state index contributed by atoms with van der Waals surface area (Å²) in [6, 6.07) is 2.88. The molecule has 0 aromatic carbocycles. The van der Waals surface area contributed by atoms with Gasteiger partial charge in [-0.2, -0.15) is 24.9 Å². The maximum Gasteiger partial charge on any atom is 0.422 e. The topological polar surface area (TPSA) is 60.6 Å². The van der Waals surface area contributed by atoms with Gasteiger partial charge < -0.3 is 9.47 Å². The Morgan fingerprint density at radius 2 is 2.10 bits per heavy atom. The number of rotatable bonds is 6. The number of pyridine rings is 1. The molecule has 2 N–H and O–H groups in total. The Labute approximate surface area is 172 Å². The Kier molecular flexibility index (Phi) is 7.13. The molecule has 1 aromatic heterocycles. The van der Waals surface area contributed by atoms with Crippen molar-refractivity contribution in [2.24, 2.45) is 11.8 Å². The number of halogens is 3. The van der Waals surface area contributed by atoms with Gasteiger partial charge in [-0.05, 0) is 67.4 Å². The number of aromatic nitrogens is 1. The fourth-order valence-corrected chi connectivity index (χ4v) is 4.42. The van der Waals surface area contributed by atoms with Crippen LogP contribution in [0.1, 0.15) is 26.2 Å². The lowest BCUT2D eigenvalue weighted by atomic mass is 9.93. The van der Waals surface area contributed by atoms with E-state index in [4.69, 9.17) is 15.3 Å². The molecule has 0 amide bonds. The van der Waals surface area contributed by atoms with Gasteiger partial charge in [0.15, 0.2) is 12.4 Å². The van der Waals surface area contributed by atoms with Crippen LogP contribution in [-0.4, -0.2) is 34.3 Å².